The van der Waals surface area contributed by atoms with Gasteiger partial charge in [-0.1, -0.05) is 13.8 Å². The summed E-state index contributed by atoms with van der Waals surface area (Å²) in [6.45, 7) is 14.8. The van der Waals surface area contributed by atoms with E-state index in [2.05, 4.69) is 54.1 Å². The molecule has 0 aromatic heterocycles. The zero-order chi connectivity index (χ0) is 15.1. The molecule has 0 radical (unpaired) electrons. The molecule has 118 valence electrons. The first-order chi connectivity index (χ1) is 10.2. The second-order valence-corrected chi connectivity index (χ2v) is 5.56. The van der Waals surface area contributed by atoms with Crippen molar-refractivity contribution in [3.05, 3.63) is 23.8 Å². The summed E-state index contributed by atoms with van der Waals surface area (Å²) in [5.74, 6) is 0.985. The maximum Gasteiger partial charge on any atom is 0.119 e. The Balaban J connectivity index is 1.89. The van der Waals surface area contributed by atoms with Gasteiger partial charge in [-0.25, -0.2) is 0 Å². The number of benzene rings is 1. The van der Waals surface area contributed by atoms with Gasteiger partial charge in [-0.05, 0) is 43.8 Å². The van der Waals surface area contributed by atoms with Crippen LogP contribution in [0.4, 0.5) is 5.69 Å². The van der Waals surface area contributed by atoms with E-state index in [1.807, 2.05) is 0 Å². The predicted octanol–water partition coefficient (Wildman–Crippen LogP) is 2.13. The highest BCUT2D eigenvalue weighted by Crippen LogP contribution is 2.25. The van der Waals surface area contributed by atoms with Gasteiger partial charge in [0.2, 0.25) is 0 Å². The molecule has 21 heavy (non-hydrogen) atoms. The van der Waals surface area contributed by atoms with E-state index in [0.717, 1.165) is 58.2 Å². The normalized spacial score (nSPS) is 15.5. The van der Waals surface area contributed by atoms with Crippen LogP contribution in [0.25, 0.3) is 0 Å². The van der Waals surface area contributed by atoms with E-state index in [1.165, 1.54) is 11.3 Å². The van der Waals surface area contributed by atoms with Crippen molar-refractivity contribution < 1.29 is 4.74 Å². The largest absolute Gasteiger partial charge is 0.492 e. The Morgan fingerprint density at radius 3 is 2.52 bits per heavy atom. The molecule has 0 bridgehead atoms. The molecule has 1 aromatic carbocycles. The minimum Gasteiger partial charge on any atom is -0.492 e. The molecular formula is C17H29N3O. The van der Waals surface area contributed by atoms with Crippen molar-refractivity contribution in [3.63, 3.8) is 0 Å². The molecule has 0 aliphatic carbocycles. The van der Waals surface area contributed by atoms with Gasteiger partial charge in [-0.2, -0.15) is 0 Å². The Bertz CT molecular complexity index is 426. The SMILES string of the molecule is CCN(CC)CCOc1ccc(N2CCNCC2)c(C)c1. The first kappa shape index (κ1) is 16.1. The lowest BCUT2D eigenvalue weighted by Gasteiger charge is -2.30. The van der Waals surface area contributed by atoms with Gasteiger partial charge >= 0.3 is 0 Å². The summed E-state index contributed by atoms with van der Waals surface area (Å²) in [6, 6.07) is 6.47. The minimum absolute atomic E-state index is 0.758. The number of nitrogens with zero attached hydrogens (tertiary/aromatic N) is 2. The highest BCUT2D eigenvalue weighted by atomic mass is 16.5. The van der Waals surface area contributed by atoms with Gasteiger partial charge in [0, 0.05) is 38.4 Å². The van der Waals surface area contributed by atoms with Gasteiger partial charge in [-0.15, -0.1) is 0 Å². The van der Waals surface area contributed by atoms with Crippen LogP contribution < -0.4 is 15.0 Å². The van der Waals surface area contributed by atoms with E-state index < -0.39 is 0 Å². The van der Waals surface area contributed by atoms with Crippen LogP contribution >= 0.6 is 0 Å². The summed E-state index contributed by atoms with van der Waals surface area (Å²) >= 11 is 0. The van der Waals surface area contributed by atoms with Gasteiger partial charge in [0.15, 0.2) is 0 Å². The lowest BCUT2D eigenvalue weighted by atomic mass is 10.1. The van der Waals surface area contributed by atoms with Crippen molar-refractivity contribution >= 4 is 5.69 Å². The second kappa shape index (κ2) is 8.25. The number of piperazine rings is 1. The zero-order valence-corrected chi connectivity index (χ0v) is 13.7. The van der Waals surface area contributed by atoms with Crippen molar-refractivity contribution in [1.29, 1.82) is 0 Å². The van der Waals surface area contributed by atoms with Crippen molar-refractivity contribution in [2.75, 3.05) is 57.3 Å². The number of likely N-dealkylation sites (N-methyl/N-ethyl adjacent to an activating group) is 1. The Morgan fingerprint density at radius 1 is 1.19 bits per heavy atom. The van der Waals surface area contributed by atoms with Gasteiger partial charge in [0.05, 0.1) is 0 Å². The summed E-state index contributed by atoms with van der Waals surface area (Å²) in [7, 11) is 0. The number of hydrogen-bond donors (Lipinski definition) is 1. The first-order valence-electron chi connectivity index (χ1n) is 8.16. The molecule has 1 aromatic rings. The fourth-order valence-corrected chi connectivity index (χ4v) is 2.81. The maximum absolute atomic E-state index is 5.89. The predicted molar refractivity (Wildman–Crippen MR) is 89.5 cm³/mol. The molecule has 1 heterocycles. The molecule has 4 heteroatoms. The molecule has 0 spiro atoms. The van der Waals surface area contributed by atoms with E-state index >= 15 is 0 Å². The molecular weight excluding hydrogens is 262 g/mol. The summed E-state index contributed by atoms with van der Waals surface area (Å²) in [5, 5.41) is 3.39. The molecule has 1 N–H and O–H groups in total. The third-order valence-electron chi connectivity index (χ3n) is 4.20. The Morgan fingerprint density at radius 2 is 1.90 bits per heavy atom. The van der Waals surface area contributed by atoms with E-state index in [0.29, 0.717) is 0 Å². The maximum atomic E-state index is 5.89. The summed E-state index contributed by atoms with van der Waals surface area (Å²) in [6.07, 6.45) is 0. The van der Waals surface area contributed by atoms with Crippen LogP contribution in [0.5, 0.6) is 5.75 Å². The van der Waals surface area contributed by atoms with Gasteiger partial charge in [0.25, 0.3) is 0 Å². The number of hydrogen-bond acceptors (Lipinski definition) is 4. The third kappa shape index (κ3) is 4.61. The van der Waals surface area contributed by atoms with Crippen molar-refractivity contribution in [3.8, 4) is 5.75 Å². The summed E-state index contributed by atoms with van der Waals surface area (Å²) < 4.78 is 5.89. The average Bonchev–Trinajstić information content (AvgIpc) is 2.52. The van der Waals surface area contributed by atoms with Crippen LogP contribution in [0, 0.1) is 6.92 Å². The molecule has 1 aliphatic heterocycles. The summed E-state index contributed by atoms with van der Waals surface area (Å²) in [5.41, 5.74) is 2.64. The zero-order valence-electron chi connectivity index (χ0n) is 13.7. The van der Waals surface area contributed by atoms with Gasteiger partial charge < -0.3 is 19.9 Å². The fourth-order valence-electron chi connectivity index (χ4n) is 2.81. The molecule has 2 rings (SSSR count). The van der Waals surface area contributed by atoms with E-state index in [-0.39, 0.29) is 0 Å². The van der Waals surface area contributed by atoms with Crippen molar-refractivity contribution in [2.24, 2.45) is 0 Å². The average molecular weight is 291 g/mol. The standard InChI is InChI=1S/C17H29N3O/c1-4-19(5-2)12-13-21-16-6-7-17(15(3)14-16)20-10-8-18-9-11-20/h6-7,14,18H,4-5,8-13H2,1-3H3. The Hall–Kier alpha value is -1.26. The highest BCUT2D eigenvalue weighted by molar-refractivity contribution is 5.56. The Labute approximate surface area is 129 Å². The second-order valence-electron chi connectivity index (χ2n) is 5.56. The monoisotopic (exact) mass is 291 g/mol. The van der Waals surface area contributed by atoms with Crippen LogP contribution in [-0.2, 0) is 0 Å². The third-order valence-corrected chi connectivity index (χ3v) is 4.20. The number of nitrogens with one attached hydrogen (secondary N) is 1. The molecule has 0 saturated carbocycles. The number of anilines is 1. The van der Waals surface area contributed by atoms with E-state index in [1.54, 1.807) is 0 Å². The Kier molecular flexibility index (Phi) is 6.33. The summed E-state index contributed by atoms with van der Waals surface area (Å²) in [4.78, 5) is 4.83. The molecule has 4 nitrogen and oxygen atoms in total. The smallest absolute Gasteiger partial charge is 0.119 e. The minimum atomic E-state index is 0.758. The van der Waals surface area contributed by atoms with Crippen LogP contribution in [-0.4, -0.2) is 57.3 Å². The van der Waals surface area contributed by atoms with Crippen LogP contribution in [0.2, 0.25) is 0 Å². The van der Waals surface area contributed by atoms with Gasteiger partial charge in [-0.3, -0.25) is 0 Å². The molecule has 1 aliphatic rings. The topological polar surface area (TPSA) is 27.7 Å². The quantitative estimate of drug-likeness (QED) is 0.833. The highest BCUT2D eigenvalue weighted by Gasteiger charge is 2.12. The number of ether oxygens (including phenoxy) is 1. The molecule has 0 atom stereocenters. The van der Waals surface area contributed by atoms with Crippen molar-refractivity contribution in [1.82, 2.24) is 10.2 Å². The number of rotatable bonds is 7. The van der Waals surface area contributed by atoms with E-state index in [9.17, 15) is 0 Å². The molecule has 1 fully saturated rings. The molecule has 0 amide bonds. The van der Waals surface area contributed by atoms with Crippen molar-refractivity contribution in [2.45, 2.75) is 20.8 Å². The first-order valence-corrected chi connectivity index (χ1v) is 8.16. The lowest BCUT2D eigenvalue weighted by molar-refractivity contribution is 0.223. The van der Waals surface area contributed by atoms with Crippen LogP contribution in [0.1, 0.15) is 19.4 Å². The molecule has 0 unspecified atom stereocenters. The van der Waals surface area contributed by atoms with Gasteiger partial charge in [0.1, 0.15) is 12.4 Å². The molecule has 1 saturated heterocycles. The van der Waals surface area contributed by atoms with E-state index in [4.69, 9.17) is 4.74 Å². The lowest BCUT2D eigenvalue weighted by Crippen LogP contribution is -2.43. The van der Waals surface area contributed by atoms with Crippen LogP contribution in [0.15, 0.2) is 18.2 Å². The fraction of sp³-hybridized carbons (Fsp3) is 0.647. The van der Waals surface area contributed by atoms with Crippen LogP contribution in [0.3, 0.4) is 0 Å². The number of aryl methyl sites for hydroxylation is 1.